The van der Waals surface area contributed by atoms with Crippen LogP contribution in [0.2, 0.25) is 5.15 Å². The van der Waals surface area contributed by atoms with E-state index in [0.29, 0.717) is 15.2 Å². The molecule has 2 aromatic rings. The summed E-state index contributed by atoms with van der Waals surface area (Å²) in [5.74, 6) is 0.0744. The van der Waals surface area contributed by atoms with Crippen LogP contribution in [0.15, 0.2) is 34.9 Å². The van der Waals surface area contributed by atoms with E-state index in [9.17, 15) is 10.2 Å². The Labute approximate surface area is 124 Å². The second-order valence-corrected chi connectivity index (χ2v) is 5.32. The van der Waals surface area contributed by atoms with Gasteiger partial charge in [-0.1, -0.05) is 11.6 Å². The summed E-state index contributed by atoms with van der Waals surface area (Å²) in [4.78, 5) is 4.02. The van der Waals surface area contributed by atoms with Crippen LogP contribution in [0, 0.1) is 0 Å². The third kappa shape index (κ3) is 3.30. The average Bonchev–Trinajstić information content (AvgIpc) is 2.33. The fourth-order valence-electron chi connectivity index (χ4n) is 1.73. The predicted octanol–water partition coefficient (Wildman–Crippen LogP) is 4.08. The number of phenols is 2. The largest absolute Gasteiger partial charge is 0.508 e. The number of hydrogen-bond donors (Lipinski definition) is 3. The van der Waals surface area contributed by atoms with Gasteiger partial charge in [-0.2, -0.15) is 0 Å². The third-order valence-electron chi connectivity index (χ3n) is 2.66. The Hall–Kier alpha value is -1.46. The molecule has 0 bridgehead atoms. The fourth-order valence-corrected chi connectivity index (χ4v) is 2.18. The van der Waals surface area contributed by atoms with Gasteiger partial charge in [0.25, 0.3) is 0 Å². The van der Waals surface area contributed by atoms with Gasteiger partial charge in [-0.3, -0.25) is 0 Å². The predicted molar refractivity (Wildman–Crippen MR) is 78.8 cm³/mol. The van der Waals surface area contributed by atoms with E-state index in [1.807, 2.05) is 13.0 Å². The highest BCUT2D eigenvalue weighted by atomic mass is 79.9. The first kappa shape index (κ1) is 14.0. The summed E-state index contributed by atoms with van der Waals surface area (Å²) in [6.45, 7) is 1.90. The molecule has 3 N–H and O–H groups in total. The number of pyridine rings is 1. The number of nitrogens with one attached hydrogen (secondary N) is 1. The van der Waals surface area contributed by atoms with Crippen LogP contribution in [0.3, 0.4) is 0 Å². The van der Waals surface area contributed by atoms with E-state index in [2.05, 4.69) is 26.2 Å². The molecular formula is C13H12BrClN2O2. The maximum Gasteiger partial charge on any atom is 0.143 e. The summed E-state index contributed by atoms with van der Waals surface area (Å²) in [7, 11) is 0. The third-order valence-corrected chi connectivity index (χ3v) is 3.79. The molecule has 1 heterocycles. The second-order valence-electron chi connectivity index (χ2n) is 4.11. The van der Waals surface area contributed by atoms with Gasteiger partial charge in [0.2, 0.25) is 0 Å². The molecule has 4 nitrogen and oxygen atoms in total. The minimum atomic E-state index is -0.143. The lowest BCUT2D eigenvalue weighted by atomic mass is 10.1. The van der Waals surface area contributed by atoms with E-state index < -0.39 is 0 Å². The molecule has 0 aliphatic heterocycles. The quantitative estimate of drug-likeness (QED) is 0.735. The average molecular weight is 344 g/mol. The van der Waals surface area contributed by atoms with Crippen LogP contribution in [0.4, 0.5) is 5.69 Å². The number of rotatable bonds is 3. The number of benzene rings is 1. The molecule has 100 valence electrons. The SMILES string of the molecule is CC(Nc1cnc(Cl)c(Br)c1)c1ccc(O)cc1O. The van der Waals surface area contributed by atoms with Gasteiger partial charge in [0, 0.05) is 11.6 Å². The molecule has 1 aromatic heterocycles. The highest BCUT2D eigenvalue weighted by molar-refractivity contribution is 9.10. The number of aromatic hydroxyl groups is 2. The Kier molecular flexibility index (Phi) is 4.17. The maximum absolute atomic E-state index is 9.79. The Balaban J connectivity index is 2.20. The number of anilines is 1. The van der Waals surface area contributed by atoms with Crippen LogP contribution < -0.4 is 5.32 Å². The normalized spacial score (nSPS) is 12.2. The lowest BCUT2D eigenvalue weighted by Gasteiger charge is -2.17. The van der Waals surface area contributed by atoms with Gasteiger partial charge in [0.1, 0.15) is 16.7 Å². The molecule has 1 atom stereocenters. The molecule has 0 spiro atoms. The maximum atomic E-state index is 9.79. The van der Waals surface area contributed by atoms with Crippen molar-refractivity contribution in [3.63, 3.8) is 0 Å². The minimum absolute atomic E-state index is 0.0318. The molecule has 0 amide bonds. The number of aromatic nitrogens is 1. The smallest absolute Gasteiger partial charge is 0.143 e. The van der Waals surface area contributed by atoms with E-state index in [1.165, 1.54) is 12.1 Å². The van der Waals surface area contributed by atoms with Gasteiger partial charge in [-0.05, 0) is 41.1 Å². The summed E-state index contributed by atoms with van der Waals surface area (Å²) in [5.41, 5.74) is 1.46. The fraction of sp³-hybridized carbons (Fsp3) is 0.154. The van der Waals surface area contributed by atoms with Crippen LogP contribution in [0.25, 0.3) is 0 Å². The summed E-state index contributed by atoms with van der Waals surface area (Å²) in [5, 5.41) is 22.6. The van der Waals surface area contributed by atoms with E-state index in [4.69, 9.17) is 11.6 Å². The molecule has 1 unspecified atom stereocenters. The van der Waals surface area contributed by atoms with Crippen molar-refractivity contribution in [3.8, 4) is 11.5 Å². The Bertz CT molecular complexity index is 607. The van der Waals surface area contributed by atoms with Crippen LogP contribution in [0.1, 0.15) is 18.5 Å². The molecule has 0 saturated carbocycles. The highest BCUT2D eigenvalue weighted by Gasteiger charge is 2.11. The molecule has 2 rings (SSSR count). The van der Waals surface area contributed by atoms with Gasteiger partial charge in [-0.15, -0.1) is 0 Å². The highest BCUT2D eigenvalue weighted by Crippen LogP contribution is 2.31. The zero-order valence-corrected chi connectivity index (χ0v) is 12.4. The topological polar surface area (TPSA) is 65.4 Å². The van der Waals surface area contributed by atoms with Gasteiger partial charge in [-0.25, -0.2) is 4.98 Å². The van der Waals surface area contributed by atoms with Gasteiger partial charge >= 0.3 is 0 Å². The lowest BCUT2D eigenvalue weighted by molar-refractivity contribution is 0.444. The van der Waals surface area contributed by atoms with Gasteiger partial charge < -0.3 is 15.5 Å². The zero-order chi connectivity index (χ0) is 14.0. The molecule has 1 aromatic carbocycles. The number of phenolic OH excluding ortho intramolecular Hbond substituents is 2. The van der Waals surface area contributed by atoms with E-state index in [0.717, 1.165) is 5.69 Å². The van der Waals surface area contributed by atoms with Crippen molar-refractivity contribution in [2.45, 2.75) is 13.0 Å². The molecule has 0 aliphatic carbocycles. The summed E-state index contributed by atoms with van der Waals surface area (Å²) in [6.07, 6.45) is 1.61. The summed E-state index contributed by atoms with van der Waals surface area (Å²) >= 11 is 9.12. The number of hydrogen-bond acceptors (Lipinski definition) is 4. The molecule has 0 aliphatic rings. The van der Waals surface area contributed by atoms with Crippen LogP contribution in [-0.2, 0) is 0 Å². The summed E-state index contributed by atoms with van der Waals surface area (Å²) < 4.78 is 0.696. The second kappa shape index (κ2) is 5.67. The van der Waals surface area contributed by atoms with Crippen molar-refractivity contribution >= 4 is 33.2 Å². The monoisotopic (exact) mass is 342 g/mol. The van der Waals surface area contributed by atoms with Gasteiger partial charge in [0.05, 0.1) is 22.4 Å². The lowest BCUT2D eigenvalue weighted by Crippen LogP contribution is -2.07. The molecule has 0 fully saturated rings. The Morgan fingerprint density at radius 1 is 1.32 bits per heavy atom. The van der Waals surface area contributed by atoms with E-state index >= 15 is 0 Å². The van der Waals surface area contributed by atoms with Crippen molar-refractivity contribution in [1.29, 1.82) is 0 Å². The Morgan fingerprint density at radius 2 is 2.05 bits per heavy atom. The first-order chi connectivity index (χ1) is 8.97. The summed E-state index contributed by atoms with van der Waals surface area (Å²) in [6, 6.07) is 6.17. The first-order valence-electron chi connectivity index (χ1n) is 5.57. The molecule has 0 saturated heterocycles. The van der Waals surface area contributed by atoms with E-state index in [-0.39, 0.29) is 17.5 Å². The van der Waals surface area contributed by atoms with Crippen LogP contribution >= 0.6 is 27.5 Å². The first-order valence-corrected chi connectivity index (χ1v) is 6.74. The van der Waals surface area contributed by atoms with Crippen molar-refractivity contribution in [1.82, 2.24) is 4.98 Å². The Morgan fingerprint density at radius 3 is 2.68 bits per heavy atom. The van der Waals surface area contributed by atoms with Crippen molar-refractivity contribution in [3.05, 3.63) is 45.7 Å². The number of nitrogens with zero attached hydrogens (tertiary/aromatic N) is 1. The van der Waals surface area contributed by atoms with Crippen molar-refractivity contribution in [2.24, 2.45) is 0 Å². The van der Waals surface area contributed by atoms with Crippen LogP contribution in [0.5, 0.6) is 11.5 Å². The molecule has 0 radical (unpaired) electrons. The van der Waals surface area contributed by atoms with Crippen LogP contribution in [-0.4, -0.2) is 15.2 Å². The molecule has 19 heavy (non-hydrogen) atoms. The standard InChI is InChI=1S/C13H12BrClN2O2/c1-7(10-3-2-9(18)5-12(10)19)17-8-4-11(14)13(15)16-6-8/h2-7,17-19H,1H3. The van der Waals surface area contributed by atoms with Crippen molar-refractivity contribution in [2.75, 3.05) is 5.32 Å². The van der Waals surface area contributed by atoms with Gasteiger partial charge in [0.15, 0.2) is 0 Å². The van der Waals surface area contributed by atoms with Crippen molar-refractivity contribution < 1.29 is 10.2 Å². The molecular weight excluding hydrogens is 332 g/mol. The zero-order valence-electron chi connectivity index (χ0n) is 10.1. The molecule has 6 heteroatoms. The minimum Gasteiger partial charge on any atom is -0.508 e. The van der Waals surface area contributed by atoms with E-state index in [1.54, 1.807) is 12.3 Å². The number of halogens is 2.